The Hall–Kier alpha value is -2.82. The van der Waals surface area contributed by atoms with E-state index < -0.39 is 0 Å². The summed E-state index contributed by atoms with van der Waals surface area (Å²) in [7, 11) is 0. The Kier molecular flexibility index (Phi) is 4.97. The highest BCUT2D eigenvalue weighted by molar-refractivity contribution is 7.17. The normalized spacial score (nSPS) is 23.8. The summed E-state index contributed by atoms with van der Waals surface area (Å²) in [5.41, 5.74) is 11.6. The minimum absolute atomic E-state index is 0.152. The zero-order chi connectivity index (χ0) is 23.7. The van der Waals surface area contributed by atoms with E-state index in [9.17, 15) is 0 Å². The lowest BCUT2D eigenvalue weighted by Crippen LogP contribution is -2.30. The van der Waals surface area contributed by atoms with Gasteiger partial charge in [0, 0.05) is 11.7 Å². The third-order valence-electron chi connectivity index (χ3n) is 7.82. The highest BCUT2D eigenvalue weighted by Crippen LogP contribution is 2.50. The highest BCUT2D eigenvalue weighted by Gasteiger charge is 2.43. The van der Waals surface area contributed by atoms with Crippen molar-refractivity contribution in [1.82, 2.24) is 34.6 Å². The van der Waals surface area contributed by atoms with Crippen LogP contribution in [0.25, 0.3) is 16.0 Å². The lowest BCUT2D eigenvalue weighted by molar-refractivity contribution is 0.239. The molecule has 4 aromatic rings. The van der Waals surface area contributed by atoms with Crippen LogP contribution in [0.1, 0.15) is 48.4 Å². The molecule has 35 heavy (non-hydrogen) atoms. The second-order valence-corrected chi connectivity index (χ2v) is 11.2. The summed E-state index contributed by atoms with van der Waals surface area (Å²) in [4.78, 5) is 20.7. The van der Waals surface area contributed by atoms with E-state index in [0.29, 0.717) is 23.6 Å². The van der Waals surface area contributed by atoms with Crippen LogP contribution in [0, 0.1) is 12.8 Å². The number of nitrogens with two attached hydrogens (primary N) is 1. The molecule has 3 atom stereocenters. The van der Waals surface area contributed by atoms with E-state index in [0.717, 1.165) is 33.9 Å². The van der Waals surface area contributed by atoms with Crippen molar-refractivity contribution in [2.24, 2.45) is 5.92 Å². The Balaban J connectivity index is 1.16. The summed E-state index contributed by atoms with van der Waals surface area (Å²) >= 11 is 7.73. The fourth-order valence-electron chi connectivity index (χ4n) is 6.22. The lowest BCUT2D eigenvalue weighted by Gasteiger charge is -2.24. The molecule has 0 amide bonds. The number of hydrogen-bond donors (Lipinski definition) is 2. The number of rotatable bonds is 4. The molecule has 4 aromatic heterocycles. The van der Waals surface area contributed by atoms with E-state index in [1.54, 1.807) is 0 Å². The second-order valence-electron chi connectivity index (χ2n) is 9.94. The summed E-state index contributed by atoms with van der Waals surface area (Å²) in [6.45, 7) is 4.52. The fraction of sp³-hybridized carbons (Fsp3) is 0.458. The standard InChI is InChI=1S/C24H26ClN9S/c1-12-11-35-20-19(12)29-22(25)30-21(20)34-23(26)31-24(32-34)28-14-8-17-16-9-15(33-4-2-3-5-33)6-13(16)7-18(17)27-10-14/h8,10-11,13,15-16H,2-7,9H2,1H3,(H3,26,28,31,32). The molecule has 1 saturated carbocycles. The van der Waals surface area contributed by atoms with Gasteiger partial charge in [-0.3, -0.25) is 4.98 Å². The van der Waals surface area contributed by atoms with Gasteiger partial charge in [-0.15, -0.1) is 16.4 Å². The SMILES string of the molecule is Cc1csc2c(-n3nc(Nc4cnc5c(c4)C4CC(N6CCCC6)CC4C5)nc3N)nc(Cl)nc12. The first-order valence-electron chi connectivity index (χ1n) is 12.2. The van der Waals surface area contributed by atoms with Crippen molar-refractivity contribution in [2.75, 3.05) is 24.1 Å². The molecule has 2 aliphatic carbocycles. The van der Waals surface area contributed by atoms with Crippen molar-refractivity contribution >= 4 is 50.7 Å². The summed E-state index contributed by atoms with van der Waals surface area (Å²) in [6, 6.07) is 2.96. The third-order valence-corrected chi connectivity index (χ3v) is 9.07. The summed E-state index contributed by atoms with van der Waals surface area (Å²) in [6.07, 6.45) is 8.20. The smallest absolute Gasteiger partial charge is 0.248 e. The van der Waals surface area contributed by atoms with E-state index in [4.69, 9.17) is 22.3 Å². The number of aromatic nitrogens is 6. The molecule has 180 valence electrons. The first-order valence-corrected chi connectivity index (χ1v) is 13.4. The molecule has 1 aliphatic heterocycles. The number of anilines is 3. The van der Waals surface area contributed by atoms with Gasteiger partial charge in [-0.25, -0.2) is 4.98 Å². The number of thiophene rings is 1. The number of nitrogens with one attached hydrogen (secondary N) is 1. The predicted molar refractivity (Wildman–Crippen MR) is 138 cm³/mol. The predicted octanol–water partition coefficient (Wildman–Crippen LogP) is 4.47. The van der Waals surface area contributed by atoms with Crippen molar-refractivity contribution in [3.05, 3.63) is 39.7 Å². The van der Waals surface area contributed by atoms with Gasteiger partial charge in [-0.1, -0.05) is 0 Å². The number of fused-ring (bicyclic) bond motifs is 4. The summed E-state index contributed by atoms with van der Waals surface area (Å²) in [5.74, 6) is 2.47. The molecule has 0 radical (unpaired) electrons. The van der Waals surface area contributed by atoms with Crippen LogP contribution in [0.15, 0.2) is 17.6 Å². The summed E-state index contributed by atoms with van der Waals surface area (Å²) < 4.78 is 2.39. The second kappa shape index (κ2) is 8.11. The maximum Gasteiger partial charge on any atom is 0.248 e. The van der Waals surface area contributed by atoms with Gasteiger partial charge in [0.15, 0.2) is 5.82 Å². The van der Waals surface area contributed by atoms with Crippen LogP contribution in [0.3, 0.4) is 0 Å². The number of nitrogen functional groups attached to an aromatic ring is 1. The quantitative estimate of drug-likeness (QED) is 0.389. The van der Waals surface area contributed by atoms with Gasteiger partial charge in [-0.05, 0) is 98.1 Å². The average Bonchev–Trinajstić information content (AvgIpc) is 3.64. The molecule has 0 spiro atoms. The zero-order valence-corrected chi connectivity index (χ0v) is 21.0. The molecule has 0 aromatic carbocycles. The molecule has 7 rings (SSSR count). The molecule has 3 aliphatic rings. The first-order chi connectivity index (χ1) is 17.0. The Morgan fingerprint density at radius 1 is 1.17 bits per heavy atom. The molecule has 9 nitrogen and oxygen atoms in total. The number of nitrogens with zero attached hydrogens (tertiary/aromatic N) is 7. The van der Waals surface area contributed by atoms with Crippen LogP contribution in [-0.2, 0) is 6.42 Å². The van der Waals surface area contributed by atoms with E-state index >= 15 is 0 Å². The highest BCUT2D eigenvalue weighted by atomic mass is 35.5. The minimum atomic E-state index is 0.152. The first kappa shape index (κ1) is 21.5. The van der Waals surface area contributed by atoms with Crippen molar-refractivity contribution in [3.8, 4) is 5.82 Å². The molecule has 1 saturated heterocycles. The van der Waals surface area contributed by atoms with Gasteiger partial charge in [0.1, 0.15) is 0 Å². The van der Waals surface area contributed by atoms with Crippen LogP contribution in [0.2, 0.25) is 5.28 Å². The van der Waals surface area contributed by atoms with Crippen LogP contribution >= 0.6 is 22.9 Å². The van der Waals surface area contributed by atoms with E-state index in [1.165, 1.54) is 66.0 Å². The van der Waals surface area contributed by atoms with E-state index in [2.05, 4.69) is 36.3 Å². The molecule has 0 bridgehead atoms. The molecule has 5 heterocycles. The third kappa shape index (κ3) is 3.57. The maximum atomic E-state index is 6.24. The largest absolute Gasteiger partial charge is 0.368 e. The van der Waals surface area contributed by atoms with Crippen LogP contribution in [0.5, 0.6) is 0 Å². The van der Waals surface area contributed by atoms with Crippen molar-refractivity contribution < 1.29 is 0 Å². The van der Waals surface area contributed by atoms with Crippen LogP contribution in [-0.4, -0.2) is 53.7 Å². The van der Waals surface area contributed by atoms with Crippen molar-refractivity contribution in [1.29, 1.82) is 0 Å². The fourth-order valence-corrected chi connectivity index (χ4v) is 7.35. The van der Waals surface area contributed by atoms with Gasteiger partial charge in [0.05, 0.1) is 22.1 Å². The average molecular weight is 508 g/mol. The Morgan fingerprint density at radius 3 is 2.89 bits per heavy atom. The van der Waals surface area contributed by atoms with E-state index in [-0.39, 0.29) is 11.2 Å². The number of likely N-dealkylation sites (tertiary alicyclic amines) is 1. The van der Waals surface area contributed by atoms with Gasteiger partial charge < -0.3 is 16.0 Å². The molecular formula is C24H26ClN9S. The topological polar surface area (TPSA) is 111 Å². The molecule has 3 N–H and O–H groups in total. The van der Waals surface area contributed by atoms with Gasteiger partial charge in [0.2, 0.25) is 17.2 Å². The minimum Gasteiger partial charge on any atom is -0.368 e. The number of aryl methyl sites for hydroxylation is 1. The van der Waals surface area contributed by atoms with Crippen molar-refractivity contribution in [2.45, 2.75) is 51.0 Å². The molecule has 2 fully saturated rings. The van der Waals surface area contributed by atoms with Crippen molar-refractivity contribution in [3.63, 3.8) is 0 Å². The van der Waals surface area contributed by atoms with E-state index in [1.807, 2.05) is 18.5 Å². The monoisotopic (exact) mass is 507 g/mol. The Labute approximate surface area is 211 Å². The lowest BCUT2D eigenvalue weighted by atomic mass is 9.96. The van der Waals surface area contributed by atoms with Gasteiger partial charge >= 0.3 is 0 Å². The Bertz CT molecular complexity index is 1440. The number of pyridine rings is 1. The molecule has 11 heteroatoms. The molecule has 3 unspecified atom stereocenters. The van der Waals surface area contributed by atoms with Gasteiger partial charge in [0.25, 0.3) is 0 Å². The Morgan fingerprint density at radius 2 is 2.03 bits per heavy atom. The molecular weight excluding hydrogens is 482 g/mol. The van der Waals surface area contributed by atoms with Crippen LogP contribution < -0.4 is 11.1 Å². The number of halogens is 1. The zero-order valence-electron chi connectivity index (χ0n) is 19.4. The van der Waals surface area contributed by atoms with Crippen LogP contribution in [0.4, 0.5) is 17.6 Å². The number of hydrogen-bond acceptors (Lipinski definition) is 9. The summed E-state index contributed by atoms with van der Waals surface area (Å²) in [5, 5.41) is 10.1. The maximum absolute atomic E-state index is 6.24. The van der Waals surface area contributed by atoms with Gasteiger partial charge in [-0.2, -0.15) is 14.6 Å².